The van der Waals surface area contributed by atoms with Crippen LogP contribution in [-0.4, -0.2) is 29.1 Å². The summed E-state index contributed by atoms with van der Waals surface area (Å²) in [7, 11) is 0. The van der Waals surface area contributed by atoms with Crippen LogP contribution in [0.25, 0.3) is 10.9 Å². The number of hydrogen-bond donors (Lipinski definition) is 4. The van der Waals surface area contributed by atoms with Gasteiger partial charge >= 0.3 is 0 Å². The van der Waals surface area contributed by atoms with Crippen molar-refractivity contribution in [1.82, 2.24) is 10.4 Å². The third kappa shape index (κ3) is 3.23. The Hall–Kier alpha value is -2.67. The van der Waals surface area contributed by atoms with Gasteiger partial charge in [-0.15, -0.1) is 0 Å². The summed E-state index contributed by atoms with van der Waals surface area (Å²) in [5.41, 5.74) is 12.5. The zero-order valence-corrected chi connectivity index (χ0v) is 15.5. The molecule has 1 fully saturated rings. The van der Waals surface area contributed by atoms with Crippen molar-refractivity contribution >= 4 is 34.6 Å². The Morgan fingerprint density at radius 1 is 1.33 bits per heavy atom. The number of nitrogens with one attached hydrogen (secondary N) is 3. The first-order valence-corrected chi connectivity index (χ1v) is 9.67. The number of hydrogen-bond acceptors (Lipinski definition) is 4. The van der Waals surface area contributed by atoms with Gasteiger partial charge in [-0.3, -0.25) is 9.59 Å². The van der Waals surface area contributed by atoms with Crippen molar-refractivity contribution in [2.45, 2.75) is 51.5 Å². The van der Waals surface area contributed by atoms with Crippen LogP contribution in [0.2, 0.25) is 0 Å². The highest BCUT2D eigenvalue weighted by Gasteiger charge is 2.27. The van der Waals surface area contributed by atoms with Crippen LogP contribution in [0.5, 0.6) is 0 Å². The molecule has 2 heterocycles. The molecule has 2 aromatic rings. The molecule has 1 aromatic carbocycles. The van der Waals surface area contributed by atoms with Crippen molar-refractivity contribution in [3.63, 3.8) is 0 Å². The van der Waals surface area contributed by atoms with Crippen LogP contribution in [0.4, 0.5) is 5.69 Å². The molecule has 1 aliphatic carbocycles. The van der Waals surface area contributed by atoms with Crippen LogP contribution < -0.4 is 16.5 Å². The minimum atomic E-state index is -0.525. The molecule has 1 saturated carbocycles. The molecule has 4 rings (SSSR count). The Balaban J connectivity index is 1.66. The molecule has 1 atom stereocenters. The lowest BCUT2D eigenvalue weighted by atomic mass is 9.84. The summed E-state index contributed by atoms with van der Waals surface area (Å²) in [4.78, 5) is 28.4. The van der Waals surface area contributed by atoms with Crippen LogP contribution in [0, 0.1) is 5.92 Å². The molecule has 0 radical (unpaired) electrons. The van der Waals surface area contributed by atoms with E-state index in [0.29, 0.717) is 11.3 Å². The van der Waals surface area contributed by atoms with Gasteiger partial charge in [-0.2, -0.15) is 5.10 Å². The quantitative estimate of drug-likeness (QED) is 0.666. The maximum Gasteiger partial charge on any atom is 0.272 e. The van der Waals surface area contributed by atoms with E-state index in [2.05, 4.69) is 20.8 Å². The number of amides is 2. The highest BCUT2D eigenvalue weighted by molar-refractivity contribution is 6.16. The molecule has 1 aromatic heterocycles. The summed E-state index contributed by atoms with van der Waals surface area (Å²) >= 11 is 0. The summed E-state index contributed by atoms with van der Waals surface area (Å²) in [6, 6.07) is 3.04. The molecule has 0 bridgehead atoms. The van der Waals surface area contributed by atoms with Gasteiger partial charge in [-0.25, -0.2) is 5.43 Å². The van der Waals surface area contributed by atoms with Gasteiger partial charge in [-0.05, 0) is 37.3 Å². The molecule has 7 nitrogen and oxygen atoms in total. The van der Waals surface area contributed by atoms with E-state index >= 15 is 0 Å². The average molecular weight is 367 g/mol. The summed E-state index contributed by atoms with van der Waals surface area (Å²) in [5, 5.41) is 7.75. The first kappa shape index (κ1) is 17.7. The van der Waals surface area contributed by atoms with Crippen molar-refractivity contribution in [2.24, 2.45) is 16.8 Å². The number of aryl methyl sites for hydroxylation is 1. The fourth-order valence-corrected chi connectivity index (χ4v) is 4.23. The van der Waals surface area contributed by atoms with E-state index in [0.717, 1.165) is 54.3 Å². The molecule has 5 N–H and O–H groups in total. The van der Waals surface area contributed by atoms with Gasteiger partial charge in [0.2, 0.25) is 5.91 Å². The molecule has 2 aliphatic rings. The van der Waals surface area contributed by atoms with Gasteiger partial charge < -0.3 is 16.0 Å². The second kappa shape index (κ2) is 7.15. The van der Waals surface area contributed by atoms with E-state index in [9.17, 15) is 9.59 Å². The average Bonchev–Trinajstić information content (AvgIpc) is 2.95. The largest absolute Gasteiger partial charge is 0.358 e. The van der Waals surface area contributed by atoms with Crippen LogP contribution in [0.1, 0.15) is 60.6 Å². The maximum absolute atomic E-state index is 12.7. The molecule has 1 unspecified atom stereocenters. The number of aromatic amines is 1. The van der Waals surface area contributed by atoms with Crippen molar-refractivity contribution in [1.29, 1.82) is 0 Å². The van der Waals surface area contributed by atoms with Crippen LogP contribution in [0.15, 0.2) is 17.2 Å². The minimum Gasteiger partial charge on any atom is -0.358 e. The third-order valence-electron chi connectivity index (χ3n) is 5.70. The Morgan fingerprint density at radius 3 is 2.85 bits per heavy atom. The van der Waals surface area contributed by atoms with Crippen molar-refractivity contribution in [2.75, 3.05) is 5.32 Å². The predicted molar refractivity (Wildman–Crippen MR) is 106 cm³/mol. The van der Waals surface area contributed by atoms with Crippen LogP contribution in [0.3, 0.4) is 0 Å². The topological polar surface area (TPSA) is 112 Å². The molecule has 27 heavy (non-hydrogen) atoms. The first-order valence-electron chi connectivity index (χ1n) is 9.67. The van der Waals surface area contributed by atoms with E-state index in [1.54, 1.807) is 12.3 Å². The van der Waals surface area contributed by atoms with E-state index < -0.39 is 6.04 Å². The molecule has 142 valence electrons. The van der Waals surface area contributed by atoms with Gasteiger partial charge in [0.1, 0.15) is 0 Å². The third-order valence-corrected chi connectivity index (χ3v) is 5.70. The van der Waals surface area contributed by atoms with Gasteiger partial charge in [0.25, 0.3) is 5.91 Å². The number of aromatic nitrogens is 1. The number of nitrogens with zero attached hydrogens (tertiary/aromatic N) is 1. The summed E-state index contributed by atoms with van der Waals surface area (Å²) in [6.45, 7) is 2.04. The fraction of sp³-hybridized carbons (Fsp3) is 0.450. The zero-order chi connectivity index (χ0) is 19.0. The van der Waals surface area contributed by atoms with Crippen molar-refractivity contribution < 1.29 is 9.59 Å². The lowest BCUT2D eigenvalue weighted by Gasteiger charge is -2.26. The molecular formula is C20H25N5O2. The Labute approximate surface area is 157 Å². The maximum atomic E-state index is 12.7. The lowest BCUT2D eigenvalue weighted by Crippen LogP contribution is -2.42. The highest BCUT2D eigenvalue weighted by Crippen LogP contribution is 2.31. The Bertz CT molecular complexity index is 924. The van der Waals surface area contributed by atoms with Crippen molar-refractivity contribution in [3.05, 3.63) is 29.0 Å². The number of hydrazone groups is 1. The normalized spacial score (nSPS) is 18.2. The number of rotatable bonds is 4. The minimum absolute atomic E-state index is 0.193. The van der Waals surface area contributed by atoms with Crippen molar-refractivity contribution in [3.8, 4) is 0 Å². The molecule has 0 spiro atoms. The second-order valence-electron chi connectivity index (χ2n) is 7.43. The SMILES string of the molecule is CCc1[nH]c2cc(NC(=O)C(N)C3CCCCC3)cc3c2c1C=NNC3=O. The monoisotopic (exact) mass is 367 g/mol. The van der Waals surface area contributed by atoms with E-state index in [4.69, 9.17) is 5.73 Å². The van der Waals surface area contributed by atoms with E-state index in [1.807, 2.05) is 13.0 Å². The first-order chi connectivity index (χ1) is 13.1. The highest BCUT2D eigenvalue weighted by atomic mass is 16.2. The fourth-order valence-electron chi connectivity index (χ4n) is 4.23. The summed E-state index contributed by atoms with van der Waals surface area (Å²) in [6.07, 6.45) is 7.94. The van der Waals surface area contributed by atoms with Gasteiger partial charge in [0.05, 0.1) is 17.8 Å². The molecule has 0 saturated heterocycles. The van der Waals surface area contributed by atoms with E-state index in [1.165, 1.54) is 6.42 Å². The smallest absolute Gasteiger partial charge is 0.272 e. The van der Waals surface area contributed by atoms with E-state index in [-0.39, 0.29) is 17.7 Å². The second-order valence-corrected chi connectivity index (χ2v) is 7.43. The molecule has 2 amide bonds. The Kier molecular flexibility index (Phi) is 4.70. The van der Waals surface area contributed by atoms with Gasteiger partial charge in [0.15, 0.2) is 0 Å². The number of nitrogens with two attached hydrogens (primary N) is 1. The number of anilines is 1. The lowest BCUT2D eigenvalue weighted by molar-refractivity contribution is -0.118. The summed E-state index contributed by atoms with van der Waals surface area (Å²) in [5.74, 6) is -0.255. The molecular weight excluding hydrogens is 342 g/mol. The van der Waals surface area contributed by atoms with Gasteiger partial charge in [0, 0.05) is 27.8 Å². The standard InChI is InChI=1S/C20H25N5O2/c1-2-15-14-10-22-25-19(26)13-8-12(9-16(24-15)17(13)14)23-20(27)18(21)11-6-4-3-5-7-11/h8-11,18,24H,2-7,21H2,1H3,(H,23,27)(H,25,26). The summed E-state index contributed by atoms with van der Waals surface area (Å²) < 4.78 is 0. The Morgan fingerprint density at radius 2 is 2.11 bits per heavy atom. The molecule has 7 heteroatoms. The predicted octanol–water partition coefficient (Wildman–Crippen LogP) is 2.65. The van der Waals surface area contributed by atoms with Crippen LogP contribution in [-0.2, 0) is 11.2 Å². The number of benzene rings is 1. The zero-order valence-electron chi connectivity index (χ0n) is 15.5. The molecule has 1 aliphatic heterocycles. The van der Waals surface area contributed by atoms with Gasteiger partial charge in [-0.1, -0.05) is 26.2 Å². The number of H-pyrrole nitrogens is 1. The number of carbonyl (C=O) groups is 2. The number of carbonyl (C=O) groups excluding carboxylic acids is 2. The van der Waals surface area contributed by atoms with Crippen LogP contribution >= 0.6 is 0 Å².